The van der Waals surface area contributed by atoms with E-state index in [1.54, 1.807) is 6.92 Å². The fraction of sp³-hybridized carbons (Fsp3) is 1.00. The first-order valence-electron chi connectivity index (χ1n) is 3.50. The van der Waals surface area contributed by atoms with E-state index in [-0.39, 0.29) is 6.04 Å². The fourth-order valence-corrected chi connectivity index (χ4v) is 1.51. The van der Waals surface area contributed by atoms with E-state index in [0.29, 0.717) is 6.42 Å². The van der Waals surface area contributed by atoms with Gasteiger partial charge in [-0.25, -0.2) is 0 Å². The summed E-state index contributed by atoms with van der Waals surface area (Å²) in [4.78, 5) is 0. The molecule has 4 nitrogen and oxygen atoms in total. The van der Waals surface area contributed by atoms with Crippen molar-refractivity contribution in [3.63, 3.8) is 0 Å². The van der Waals surface area contributed by atoms with Gasteiger partial charge in [0.25, 0.3) is 10.1 Å². The third kappa shape index (κ3) is 5.17. The molecule has 0 aliphatic rings. The van der Waals surface area contributed by atoms with Gasteiger partial charge >= 0.3 is 0 Å². The molecule has 0 bridgehead atoms. The van der Waals surface area contributed by atoms with Crippen LogP contribution in [0, 0.1) is 0 Å². The molecular formula is C6H15NO3S. The maximum atomic E-state index is 10.6. The summed E-state index contributed by atoms with van der Waals surface area (Å²) in [6.07, 6.45) is 1.23. The third-order valence-corrected chi connectivity index (χ3v) is 1.88. The Balaban J connectivity index is 4.10. The molecule has 0 radical (unpaired) electrons. The van der Waals surface area contributed by atoms with Crippen LogP contribution in [0.25, 0.3) is 0 Å². The lowest BCUT2D eigenvalue weighted by Crippen LogP contribution is -2.34. The molecule has 0 spiro atoms. The van der Waals surface area contributed by atoms with Crippen molar-refractivity contribution in [3.8, 4) is 0 Å². The van der Waals surface area contributed by atoms with E-state index in [2.05, 4.69) is 0 Å². The number of rotatable bonds is 4. The summed E-state index contributed by atoms with van der Waals surface area (Å²) >= 11 is 0. The summed E-state index contributed by atoms with van der Waals surface area (Å²) < 4.78 is 26.0. The highest BCUT2D eigenvalue weighted by atomic mass is 32.2. The Hall–Kier alpha value is -0.130. The molecule has 0 aliphatic heterocycles. The molecule has 68 valence electrons. The highest BCUT2D eigenvalue weighted by molar-refractivity contribution is 7.86. The number of nitrogens with two attached hydrogens (primary N) is 1. The van der Waals surface area contributed by atoms with Crippen LogP contribution in [0.5, 0.6) is 0 Å². The van der Waals surface area contributed by atoms with Gasteiger partial charge in [-0.15, -0.1) is 0 Å². The maximum Gasteiger partial charge on any atom is 0.264 e. The molecule has 0 fully saturated rings. The molecule has 2 atom stereocenters. The first-order valence-corrected chi connectivity index (χ1v) is 5.32. The zero-order valence-corrected chi connectivity index (χ0v) is 7.89. The van der Waals surface area contributed by atoms with Crippen LogP contribution in [-0.4, -0.2) is 26.8 Å². The zero-order chi connectivity index (χ0) is 9.07. The minimum Gasteiger partial charge on any atom is -0.326 e. The Morgan fingerprint density at radius 1 is 1.55 bits per heavy atom. The topological polar surface area (TPSA) is 69.4 Å². The summed E-state index contributed by atoms with van der Waals surface area (Å²) in [7, 11) is -3.36. The molecule has 0 unspecified atom stereocenters. The van der Waals surface area contributed by atoms with Crippen molar-refractivity contribution in [3.05, 3.63) is 0 Å². The van der Waals surface area contributed by atoms with E-state index >= 15 is 0 Å². The smallest absolute Gasteiger partial charge is 0.264 e. The van der Waals surface area contributed by atoms with Gasteiger partial charge < -0.3 is 5.73 Å². The lowest BCUT2D eigenvalue weighted by atomic mass is 10.1. The van der Waals surface area contributed by atoms with Crippen molar-refractivity contribution in [2.24, 2.45) is 5.73 Å². The van der Waals surface area contributed by atoms with Crippen LogP contribution in [0.4, 0.5) is 0 Å². The molecule has 0 aromatic rings. The maximum absolute atomic E-state index is 10.6. The Bertz CT molecular complexity index is 198. The van der Waals surface area contributed by atoms with Gasteiger partial charge in [-0.05, 0) is 13.3 Å². The van der Waals surface area contributed by atoms with Gasteiger partial charge in [0.2, 0.25) is 0 Å². The van der Waals surface area contributed by atoms with Crippen LogP contribution in [0.2, 0.25) is 0 Å². The Morgan fingerprint density at radius 2 is 2.00 bits per heavy atom. The molecule has 0 aromatic carbocycles. The predicted molar refractivity (Wildman–Crippen MR) is 43.7 cm³/mol. The minimum absolute atomic E-state index is 0.255. The molecular weight excluding hydrogens is 166 g/mol. The highest BCUT2D eigenvalue weighted by Crippen LogP contribution is 2.05. The normalized spacial score (nSPS) is 17.8. The molecule has 0 rings (SSSR count). The Kier molecular flexibility index (Phi) is 3.99. The average molecular weight is 181 g/mol. The fourth-order valence-electron chi connectivity index (χ4n) is 0.752. The van der Waals surface area contributed by atoms with Gasteiger partial charge in [0.05, 0.1) is 12.4 Å². The summed E-state index contributed by atoms with van der Waals surface area (Å²) in [5.41, 5.74) is 5.46. The molecule has 2 N–H and O–H groups in total. The van der Waals surface area contributed by atoms with Gasteiger partial charge in [-0.3, -0.25) is 4.18 Å². The largest absolute Gasteiger partial charge is 0.326 e. The van der Waals surface area contributed by atoms with Gasteiger partial charge in [-0.2, -0.15) is 8.42 Å². The monoisotopic (exact) mass is 181 g/mol. The molecule has 0 saturated carbocycles. The van der Waals surface area contributed by atoms with E-state index < -0.39 is 16.2 Å². The van der Waals surface area contributed by atoms with Gasteiger partial charge in [0.15, 0.2) is 0 Å². The quantitative estimate of drug-likeness (QED) is 0.624. The van der Waals surface area contributed by atoms with Crippen molar-refractivity contribution in [1.29, 1.82) is 0 Å². The molecule has 0 heterocycles. The van der Waals surface area contributed by atoms with Crippen LogP contribution >= 0.6 is 0 Å². The highest BCUT2D eigenvalue weighted by Gasteiger charge is 2.16. The summed E-state index contributed by atoms with van der Waals surface area (Å²) in [5, 5.41) is 0. The summed E-state index contributed by atoms with van der Waals surface area (Å²) in [6, 6.07) is -0.255. The van der Waals surface area contributed by atoms with Crippen molar-refractivity contribution in [2.75, 3.05) is 6.26 Å². The van der Waals surface area contributed by atoms with Gasteiger partial charge in [0.1, 0.15) is 0 Å². The van der Waals surface area contributed by atoms with Crippen LogP contribution in [-0.2, 0) is 14.3 Å². The van der Waals surface area contributed by atoms with E-state index in [4.69, 9.17) is 9.92 Å². The predicted octanol–water partition coefficient (Wildman–Crippen LogP) is 0.0884. The van der Waals surface area contributed by atoms with Crippen LogP contribution in [0.3, 0.4) is 0 Å². The van der Waals surface area contributed by atoms with Crippen LogP contribution in [0.15, 0.2) is 0 Å². The number of hydrogen-bond donors (Lipinski definition) is 1. The van der Waals surface area contributed by atoms with Crippen molar-refractivity contribution >= 4 is 10.1 Å². The first-order chi connectivity index (χ1) is 4.87. The Morgan fingerprint density at radius 3 is 2.09 bits per heavy atom. The SMILES string of the molecule is CC[C@H](OS(C)(=O)=O)[C@@H](C)N. The second-order valence-electron chi connectivity index (χ2n) is 2.61. The second-order valence-corrected chi connectivity index (χ2v) is 4.21. The van der Waals surface area contributed by atoms with E-state index in [9.17, 15) is 8.42 Å². The summed E-state index contributed by atoms with van der Waals surface area (Å²) in [5.74, 6) is 0. The van der Waals surface area contributed by atoms with Crippen molar-refractivity contribution in [2.45, 2.75) is 32.4 Å². The first kappa shape index (κ1) is 10.9. The van der Waals surface area contributed by atoms with Crippen LogP contribution in [0.1, 0.15) is 20.3 Å². The molecule has 5 heteroatoms. The third-order valence-electron chi connectivity index (χ3n) is 1.29. The van der Waals surface area contributed by atoms with Crippen LogP contribution < -0.4 is 5.73 Å². The molecule has 0 amide bonds. The summed E-state index contributed by atoms with van der Waals surface area (Å²) in [6.45, 7) is 3.55. The molecule has 0 saturated heterocycles. The van der Waals surface area contributed by atoms with Crippen molar-refractivity contribution < 1.29 is 12.6 Å². The molecule has 0 aliphatic carbocycles. The lowest BCUT2D eigenvalue weighted by Gasteiger charge is -2.17. The zero-order valence-electron chi connectivity index (χ0n) is 7.07. The van der Waals surface area contributed by atoms with E-state index in [1.165, 1.54) is 0 Å². The standard InChI is InChI=1S/C6H15NO3S/c1-4-6(5(2)7)10-11(3,8)9/h5-6H,4,7H2,1-3H3/t5-,6+/m1/s1. The van der Waals surface area contributed by atoms with E-state index in [0.717, 1.165) is 6.26 Å². The molecule has 11 heavy (non-hydrogen) atoms. The van der Waals surface area contributed by atoms with Gasteiger partial charge in [0, 0.05) is 6.04 Å². The minimum atomic E-state index is -3.36. The number of hydrogen-bond acceptors (Lipinski definition) is 4. The van der Waals surface area contributed by atoms with Gasteiger partial charge in [-0.1, -0.05) is 6.92 Å². The lowest BCUT2D eigenvalue weighted by molar-refractivity contribution is 0.182. The van der Waals surface area contributed by atoms with E-state index in [1.807, 2.05) is 6.92 Å². The second kappa shape index (κ2) is 4.04. The average Bonchev–Trinajstić information content (AvgIpc) is 1.80. The Labute approximate surface area is 67.9 Å². The molecule has 0 aromatic heterocycles. The van der Waals surface area contributed by atoms with Crippen molar-refractivity contribution in [1.82, 2.24) is 0 Å².